The molecule has 0 radical (unpaired) electrons. The third-order valence-corrected chi connectivity index (χ3v) is 5.91. The second-order valence-corrected chi connectivity index (χ2v) is 7.79. The van der Waals surface area contributed by atoms with Crippen LogP contribution >= 0.6 is 0 Å². The van der Waals surface area contributed by atoms with Crippen LogP contribution in [0.1, 0.15) is 44.9 Å². The van der Waals surface area contributed by atoms with Crippen molar-refractivity contribution >= 4 is 5.96 Å². The normalized spacial score (nSPS) is 31.7. The molecular formula is C18H35N5. The molecule has 3 rings (SSSR count). The van der Waals surface area contributed by atoms with Crippen LogP contribution in [0.5, 0.6) is 0 Å². The van der Waals surface area contributed by atoms with Crippen molar-refractivity contribution in [1.82, 2.24) is 20.4 Å². The van der Waals surface area contributed by atoms with Crippen LogP contribution in [-0.4, -0.2) is 74.7 Å². The average Bonchev–Trinajstić information content (AvgIpc) is 3.22. The molecule has 0 aromatic rings. The highest BCUT2D eigenvalue weighted by atomic mass is 15.3. The molecule has 5 heteroatoms. The second kappa shape index (κ2) is 8.34. The molecule has 0 bridgehead atoms. The lowest BCUT2D eigenvalue weighted by atomic mass is 9.99. The number of hydrogen-bond donors (Lipinski definition) is 2. The molecule has 0 aromatic carbocycles. The number of piperidine rings is 1. The Kier molecular flexibility index (Phi) is 6.17. The molecule has 2 saturated heterocycles. The van der Waals surface area contributed by atoms with Crippen molar-refractivity contribution in [3.05, 3.63) is 0 Å². The lowest BCUT2D eigenvalue weighted by molar-refractivity contribution is 0.210. The number of likely N-dealkylation sites (tertiary alicyclic amines) is 2. The van der Waals surface area contributed by atoms with E-state index in [1.54, 1.807) is 0 Å². The monoisotopic (exact) mass is 321 g/mol. The van der Waals surface area contributed by atoms with Crippen LogP contribution in [0.4, 0.5) is 0 Å². The Morgan fingerprint density at radius 1 is 1.04 bits per heavy atom. The van der Waals surface area contributed by atoms with Crippen molar-refractivity contribution in [2.75, 3.05) is 46.8 Å². The molecule has 0 amide bonds. The van der Waals surface area contributed by atoms with Crippen molar-refractivity contribution in [1.29, 1.82) is 0 Å². The minimum atomic E-state index is 0.566. The van der Waals surface area contributed by atoms with E-state index in [0.717, 1.165) is 24.5 Å². The van der Waals surface area contributed by atoms with Crippen LogP contribution in [0.15, 0.2) is 4.99 Å². The first kappa shape index (κ1) is 17.0. The fourth-order valence-corrected chi connectivity index (χ4v) is 4.58. The Morgan fingerprint density at radius 2 is 1.87 bits per heavy atom. The van der Waals surface area contributed by atoms with Gasteiger partial charge >= 0.3 is 0 Å². The van der Waals surface area contributed by atoms with Crippen molar-refractivity contribution in [3.8, 4) is 0 Å². The number of nitrogens with one attached hydrogen (secondary N) is 2. The van der Waals surface area contributed by atoms with Gasteiger partial charge < -0.3 is 15.5 Å². The standard InChI is InChI=1S/C18H35N5/c1-19-18(20-12-15-6-5-10-22(2)13-15)21-16-9-11-23(14-16)17-7-3-4-8-17/h15-17H,3-14H2,1-2H3,(H2,19,20,21). The van der Waals surface area contributed by atoms with Gasteiger partial charge in [-0.1, -0.05) is 12.8 Å². The molecule has 2 heterocycles. The van der Waals surface area contributed by atoms with Gasteiger partial charge in [0, 0.05) is 45.3 Å². The summed E-state index contributed by atoms with van der Waals surface area (Å²) in [6.45, 7) is 5.96. The van der Waals surface area contributed by atoms with Gasteiger partial charge in [0.05, 0.1) is 0 Å². The minimum absolute atomic E-state index is 0.566. The zero-order chi connectivity index (χ0) is 16.1. The summed E-state index contributed by atoms with van der Waals surface area (Å²) >= 11 is 0. The molecule has 132 valence electrons. The van der Waals surface area contributed by atoms with Gasteiger partial charge in [0.1, 0.15) is 0 Å². The highest BCUT2D eigenvalue weighted by Crippen LogP contribution is 2.26. The topological polar surface area (TPSA) is 42.9 Å². The van der Waals surface area contributed by atoms with Crippen LogP contribution in [0.2, 0.25) is 0 Å². The Hall–Kier alpha value is -0.810. The summed E-state index contributed by atoms with van der Waals surface area (Å²) in [7, 11) is 4.13. The van der Waals surface area contributed by atoms with Gasteiger partial charge in [0.15, 0.2) is 5.96 Å². The highest BCUT2D eigenvalue weighted by molar-refractivity contribution is 5.80. The summed E-state index contributed by atoms with van der Waals surface area (Å²) < 4.78 is 0. The van der Waals surface area contributed by atoms with Crippen molar-refractivity contribution in [2.45, 2.75) is 57.0 Å². The average molecular weight is 322 g/mol. The maximum absolute atomic E-state index is 4.44. The highest BCUT2D eigenvalue weighted by Gasteiger charge is 2.30. The van der Waals surface area contributed by atoms with E-state index in [-0.39, 0.29) is 0 Å². The molecule has 0 spiro atoms. The third-order valence-electron chi connectivity index (χ3n) is 5.91. The maximum atomic E-state index is 4.44. The molecule has 2 aliphatic heterocycles. The van der Waals surface area contributed by atoms with Crippen LogP contribution in [-0.2, 0) is 0 Å². The molecule has 2 atom stereocenters. The fraction of sp³-hybridized carbons (Fsp3) is 0.944. The van der Waals surface area contributed by atoms with Gasteiger partial charge in [-0.3, -0.25) is 9.89 Å². The molecule has 0 aromatic heterocycles. The summed E-state index contributed by atoms with van der Waals surface area (Å²) in [5.41, 5.74) is 0. The van der Waals surface area contributed by atoms with E-state index in [2.05, 4.69) is 32.5 Å². The van der Waals surface area contributed by atoms with E-state index in [1.165, 1.54) is 71.1 Å². The van der Waals surface area contributed by atoms with Gasteiger partial charge in [0.25, 0.3) is 0 Å². The van der Waals surface area contributed by atoms with E-state index in [0.29, 0.717) is 6.04 Å². The van der Waals surface area contributed by atoms with E-state index in [1.807, 2.05) is 7.05 Å². The number of aliphatic imine (C=N–C) groups is 1. The third kappa shape index (κ3) is 4.83. The summed E-state index contributed by atoms with van der Waals surface area (Å²) in [4.78, 5) is 9.59. The first-order valence-corrected chi connectivity index (χ1v) is 9.64. The molecule has 3 fully saturated rings. The van der Waals surface area contributed by atoms with Crippen molar-refractivity contribution in [3.63, 3.8) is 0 Å². The predicted octanol–water partition coefficient (Wildman–Crippen LogP) is 1.51. The quantitative estimate of drug-likeness (QED) is 0.608. The van der Waals surface area contributed by atoms with E-state index >= 15 is 0 Å². The summed E-state index contributed by atoms with van der Waals surface area (Å²) in [6.07, 6.45) is 9.60. The van der Waals surface area contributed by atoms with E-state index < -0.39 is 0 Å². The van der Waals surface area contributed by atoms with Gasteiger partial charge in [0.2, 0.25) is 0 Å². The van der Waals surface area contributed by atoms with E-state index in [9.17, 15) is 0 Å². The van der Waals surface area contributed by atoms with Gasteiger partial charge in [-0.15, -0.1) is 0 Å². The van der Waals surface area contributed by atoms with Crippen LogP contribution in [0.25, 0.3) is 0 Å². The molecular weight excluding hydrogens is 286 g/mol. The lowest BCUT2D eigenvalue weighted by Crippen LogP contribution is -2.47. The first-order chi connectivity index (χ1) is 11.2. The summed E-state index contributed by atoms with van der Waals surface area (Å²) in [5.74, 6) is 1.75. The Balaban J connectivity index is 1.39. The number of rotatable bonds is 4. The maximum Gasteiger partial charge on any atom is 0.191 e. The van der Waals surface area contributed by atoms with Crippen LogP contribution < -0.4 is 10.6 Å². The first-order valence-electron chi connectivity index (χ1n) is 9.64. The Morgan fingerprint density at radius 3 is 2.61 bits per heavy atom. The van der Waals surface area contributed by atoms with Gasteiger partial charge in [-0.05, 0) is 51.6 Å². The summed E-state index contributed by atoms with van der Waals surface area (Å²) in [5, 5.41) is 7.22. The van der Waals surface area contributed by atoms with Gasteiger partial charge in [-0.2, -0.15) is 0 Å². The number of hydrogen-bond acceptors (Lipinski definition) is 3. The number of guanidine groups is 1. The second-order valence-electron chi connectivity index (χ2n) is 7.79. The smallest absolute Gasteiger partial charge is 0.191 e. The molecule has 5 nitrogen and oxygen atoms in total. The molecule has 23 heavy (non-hydrogen) atoms. The predicted molar refractivity (Wildman–Crippen MR) is 97.0 cm³/mol. The van der Waals surface area contributed by atoms with E-state index in [4.69, 9.17) is 0 Å². The molecule has 2 N–H and O–H groups in total. The lowest BCUT2D eigenvalue weighted by Gasteiger charge is -2.30. The Bertz CT molecular complexity index is 391. The molecule has 2 unspecified atom stereocenters. The fourth-order valence-electron chi connectivity index (χ4n) is 4.58. The van der Waals surface area contributed by atoms with Crippen LogP contribution in [0.3, 0.4) is 0 Å². The van der Waals surface area contributed by atoms with Crippen molar-refractivity contribution < 1.29 is 0 Å². The molecule has 3 aliphatic rings. The van der Waals surface area contributed by atoms with Gasteiger partial charge in [-0.25, -0.2) is 0 Å². The molecule has 1 saturated carbocycles. The zero-order valence-corrected chi connectivity index (χ0v) is 15.1. The minimum Gasteiger partial charge on any atom is -0.356 e. The largest absolute Gasteiger partial charge is 0.356 e. The Labute approximate surface area is 141 Å². The molecule has 1 aliphatic carbocycles. The summed E-state index contributed by atoms with van der Waals surface area (Å²) in [6, 6.07) is 1.42. The van der Waals surface area contributed by atoms with Crippen LogP contribution in [0, 0.1) is 5.92 Å². The zero-order valence-electron chi connectivity index (χ0n) is 15.1. The SMILES string of the molecule is CN=C(NCC1CCCN(C)C1)NC1CCN(C2CCCC2)C1. The number of nitrogens with zero attached hydrogens (tertiary/aromatic N) is 3. The van der Waals surface area contributed by atoms with Crippen molar-refractivity contribution in [2.24, 2.45) is 10.9 Å².